The van der Waals surface area contributed by atoms with Crippen molar-refractivity contribution in [2.75, 3.05) is 7.11 Å². The average molecular weight is 192 g/mol. The van der Waals surface area contributed by atoms with Crippen LogP contribution in [0, 0.1) is 0 Å². The third kappa shape index (κ3) is 1.21. The van der Waals surface area contributed by atoms with Gasteiger partial charge in [-0.1, -0.05) is 24.3 Å². The van der Waals surface area contributed by atoms with Crippen LogP contribution in [-0.2, 0) is 22.4 Å². The van der Waals surface area contributed by atoms with Crippen LogP contribution in [0.5, 0.6) is 0 Å². The first kappa shape index (κ1) is 9.21. The molecule has 1 aromatic carbocycles. The van der Waals surface area contributed by atoms with E-state index in [2.05, 4.69) is 0 Å². The maximum absolute atomic E-state index is 11.1. The molecule has 1 aromatic rings. The van der Waals surface area contributed by atoms with Crippen LogP contribution in [0.1, 0.15) is 11.1 Å². The van der Waals surface area contributed by atoms with Crippen LogP contribution in [0.15, 0.2) is 24.3 Å². The van der Waals surface area contributed by atoms with Gasteiger partial charge in [0, 0.05) is 20.0 Å². The Hall–Kier alpha value is -1.35. The fourth-order valence-corrected chi connectivity index (χ4v) is 1.96. The van der Waals surface area contributed by atoms with Gasteiger partial charge in [0.05, 0.1) is 0 Å². The quantitative estimate of drug-likeness (QED) is 0.767. The highest BCUT2D eigenvalue weighted by molar-refractivity contribution is 5.80. The second-order valence-corrected chi connectivity index (χ2v) is 3.63. The van der Waals surface area contributed by atoms with Crippen LogP contribution < -0.4 is 0 Å². The summed E-state index contributed by atoms with van der Waals surface area (Å²) in [6, 6.07) is 7.76. The molecule has 1 aliphatic rings. The second kappa shape index (κ2) is 3.10. The number of carbonyl (C=O) groups is 1. The van der Waals surface area contributed by atoms with Gasteiger partial charge in [0.25, 0.3) is 0 Å². The van der Waals surface area contributed by atoms with E-state index in [9.17, 15) is 4.79 Å². The zero-order valence-corrected chi connectivity index (χ0v) is 7.99. The van der Waals surface area contributed by atoms with E-state index in [4.69, 9.17) is 9.84 Å². The predicted octanol–water partition coefficient (Wildman–Crippen LogP) is 1.26. The summed E-state index contributed by atoms with van der Waals surface area (Å²) in [6.45, 7) is 0. The molecule has 0 heterocycles. The van der Waals surface area contributed by atoms with Gasteiger partial charge in [-0.25, -0.2) is 4.79 Å². The molecule has 0 atom stereocenters. The van der Waals surface area contributed by atoms with Crippen LogP contribution in [0.4, 0.5) is 0 Å². The van der Waals surface area contributed by atoms with E-state index in [0.717, 1.165) is 11.1 Å². The fraction of sp³-hybridized carbons (Fsp3) is 0.364. The van der Waals surface area contributed by atoms with E-state index in [1.54, 1.807) is 0 Å². The predicted molar refractivity (Wildman–Crippen MR) is 51.2 cm³/mol. The largest absolute Gasteiger partial charge is 0.479 e. The number of benzene rings is 1. The van der Waals surface area contributed by atoms with Crippen LogP contribution in [-0.4, -0.2) is 23.8 Å². The van der Waals surface area contributed by atoms with Crippen molar-refractivity contribution < 1.29 is 14.6 Å². The molecule has 0 saturated heterocycles. The lowest BCUT2D eigenvalue weighted by atomic mass is 10.0. The van der Waals surface area contributed by atoms with Crippen molar-refractivity contribution in [2.24, 2.45) is 0 Å². The molecule has 3 nitrogen and oxygen atoms in total. The van der Waals surface area contributed by atoms with E-state index in [0.29, 0.717) is 12.8 Å². The number of ether oxygens (including phenoxy) is 1. The van der Waals surface area contributed by atoms with Crippen molar-refractivity contribution >= 4 is 5.97 Å². The van der Waals surface area contributed by atoms with Crippen molar-refractivity contribution in [3.8, 4) is 0 Å². The first-order chi connectivity index (χ1) is 6.68. The minimum absolute atomic E-state index is 0.467. The molecule has 0 bridgehead atoms. The summed E-state index contributed by atoms with van der Waals surface area (Å²) in [5, 5.41) is 9.11. The molecule has 0 radical (unpaired) electrons. The lowest BCUT2D eigenvalue weighted by Gasteiger charge is -2.21. The third-order valence-corrected chi connectivity index (χ3v) is 2.85. The molecule has 0 unspecified atom stereocenters. The van der Waals surface area contributed by atoms with Gasteiger partial charge in [-0.15, -0.1) is 0 Å². The second-order valence-electron chi connectivity index (χ2n) is 3.63. The van der Waals surface area contributed by atoms with Gasteiger partial charge in [-0.05, 0) is 11.1 Å². The van der Waals surface area contributed by atoms with E-state index in [1.165, 1.54) is 7.11 Å². The Balaban J connectivity index is 2.37. The zero-order chi connectivity index (χ0) is 10.2. The fourth-order valence-electron chi connectivity index (χ4n) is 1.96. The first-order valence-corrected chi connectivity index (χ1v) is 4.53. The molecule has 0 spiro atoms. The number of carboxylic acid groups (broad SMARTS) is 1. The SMILES string of the molecule is COC1(C(=O)O)Cc2ccccc2C1. The smallest absolute Gasteiger partial charge is 0.336 e. The maximum atomic E-state index is 11.1. The summed E-state index contributed by atoms with van der Waals surface area (Å²) in [6.07, 6.45) is 0.935. The zero-order valence-electron chi connectivity index (χ0n) is 7.99. The Kier molecular flexibility index (Phi) is 2.04. The van der Waals surface area contributed by atoms with Crippen molar-refractivity contribution in [1.29, 1.82) is 0 Å². The van der Waals surface area contributed by atoms with Crippen LogP contribution in [0.25, 0.3) is 0 Å². The number of aliphatic carboxylic acids is 1. The summed E-state index contributed by atoms with van der Waals surface area (Å²) in [4.78, 5) is 11.1. The van der Waals surface area contributed by atoms with Crippen LogP contribution in [0.2, 0.25) is 0 Å². The van der Waals surface area contributed by atoms with Crippen molar-refractivity contribution in [3.63, 3.8) is 0 Å². The molecule has 1 N–H and O–H groups in total. The van der Waals surface area contributed by atoms with Gasteiger partial charge in [0.15, 0.2) is 5.60 Å². The van der Waals surface area contributed by atoms with E-state index >= 15 is 0 Å². The summed E-state index contributed by atoms with van der Waals surface area (Å²) in [7, 11) is 1.46. The Labute approximate surface area is 82.3 Å². The van der Waals surface area contributed by atoms with Gasteiger partial charge >= 0.3 is 5.97 Å². The van der Waals surface area contributed by atoms with Gasteiger partial charge < -0.3 is 9.84 Å². The molecule has 0 saturated carbocycles. The van der Waals surface area contributed by atoms with E-state index in [-0.39, 0.29) is 0 Å². The highest BCUT2D eigenvalue weighted by atomic mass is 16.5. The molecule has 0 amide bonds. The highest BCUT2D eigenvalue weighted by Gasteiger charge is 2.44. The lowest BCUT2D eigenvalue weighted by molar-refractivity contribution is -0.161. The average Bonchev–Trinajstić information content (AvgIpc) is 2.57. The molecular weight excluding hydrogens is 180 g/mol. The number of hydrogen-bond donors (Lipinski definition) is 1. The molecule has 74 valence electrons. The van der Waals surface area contributed by atoms with Crippen molar-refractivity contribution in [2.45, 2.75) is 18.4 Å². The topological polar surface area (TPSA) is 46.5 Å². The first-order valence-electron chi connectivity index (χ1n) is 4.53. The van der Waals surface area contributed by atoms with E-state index in [1.807, 2.05) is 24.3 Å². The van der Waals surface area contributed by atoms with Gasteiger partial charge in [0.2, 0.25) is 0 Å². The van der Waals surface area contributed by atoms with Crippen molar-refractivity contribution in [3.05, 3.63) is 35.4 Å². The van der Waals surface area contributed by atoms with E-state index < -0.39 is 11.6 Å². The molecule has 0 fully saturated rings. The number of fused-ring (bicyclic) bond motifs is 1. The highest BCUT2D eigenvalue weighted by Crippen LogP contribution is 2.32. The summed E-state index contributed by atoms with van der Waals surface area (Å²) in [5.74, 6) is -0.879. The maximum Gasteiger partial charge on any atom is 0.336 e. The Morgan fingerprint density at radius 3 is 2.21 bits per heavy atom. The summed E-state index contributed by atoms with van der Waals surface area (Å²) < 4.78 is 5.14. The monoisotopic (exact) mass is 192 g/mol. The molecule has 14 heavy (non-hydrogen) atoms. The number of hydrogen-bond acceptors (Lipinski definition) is 2. The molecule has 1 aliphatic carbocycles. The van der Waals surface area contributed by atoms with Crippen LogP contribution >= 0.6 is 0 Å². The van der Waals surface area contributed by atoms with Gasteiger partial charge in [-0.2, -0.15) is 0 Å². The van der Waals surface area contributed by atoms with Crippen LogP contribution in [0.3, 0.4) is 0 Å². The number of rotatable bonds is 2. The molecule has 3 heteroatoms. The standard InChI is InChI=1S/C11H12O3/c1-14-11(10(12)13)6-8-4-2-3-5-9(8)7-11/h2-5H,6-7H2,1H3,(H,12,13). The minimum Gasteiger partial charge on any atom is -0.479 e. The molecule has 2 rings (SSSR count). The lowest BCUT2D eigenvalue weighted by Crippen LogP contribution is -2.41. The normalized spacial score (nSPS) is 17.8. The molecule has 0 aromatic heterocycles. The number of carboxylic acids is 1. The molecule has 0 aliphatic heterocycles. The Bertz CT molecular complexity index is 346. The molecular formula is C11H12O3. The Morgan fingerprint density at radius 2 is 1.86 bits per heavy atom. The van der Waals surface area contributed by atoms with Crippen molar-refractivity contribution in [1.82, 2.24) is 0 Å². The number of methoxy groups -OCH3 is 1. The minimum atomic E-state index is -1.04. The summed E-state index contributed by atoms with van der Waals surface area (Å²) in [5.41, 5.74) is 1.12. The third-order valence-electron chi connectivity index (χ3n) is 2.85. The summed E-state index contributed by atoms with van der Waals surface area (Å²) >= 11 is 0. The van der Waals surface area contributed by atoms with Gasteiger partial charge in [0.1, 0.15) is 0 Å². The van der Waals surface area contributed by atoms with Gasteiger partial charge in [-0.3, -0.25) is 0 Å². The Morgan fingerprint density at radius 1 is 1.36 bits per heavy atom.